The van der Waals surface area contributed by atoms with Gasteiger partial charge in [-0.15, -0.1) is 0 Å². The van der Waals surface area contributed by atoms with Crippen molar-refractivity contribution in [1.82, 2.24) is 0 Å². The molecule has 0 unspecified atom stereocenters. The van der Waals surface area contributed by atoms with E-state index in [1.54, 1.807) is 6.07 Å². The second kappa shape index (κ2) is 5.42. The number of hydrogen-bond donors (Lipinski definition) is 2. The molecule has 0 saturated heterocycles. The number of para-hydroxylation sites is 1. The highest BCUT2D eigenvalue weighted by atomic mass is 16.7. The molecule has 1 aromatic carbocycles. The van der Waals surface area contributed by atoms with Crippen LogP contribution in [0.1, 0.15) is 5.56 Å². The van der Waals surface area contributed by atoms with E-state index in [4.69, 9.17) is 19.8 Å². The number of benzene rings is 1. The zero-order valence-electron chi connectivity index (χ0n) is 9.04. The first-order valence-electron chi connectivity index (χ1n) is 5.10. The van der Waals surface area contributed by atoms with Crippen molar-refractivity contribution in [2.45, 2.75) is 0 Å². The van der Waals surface area contributed by atoms with Gasteiger partial charge in [-0.1, -0.05) is 12.1 Å². The number of hydrogen-bond acceptors (Lipinski definition) is 6. The Hall–Kier alpha value is -1.92. The fourth-order valence-electron chi connectivity index (χ4n) is 1.45. The van der Waals surface area contributed by atoms with E-state index in [-0.39, 0.29) is 25.8 Å². The van der Waals surface area contributed by atoms with E-state index in [9.17, 15) is 0 Å². The fraction of sp³-hybridized carbons (Fsp3) is 0.273. The van der Waals surface area contributed by atoms with Crippen LogP contribution in [0.25, 0.3) is 0 Å². The van der Waals surface area contributed by atoms with Crippen LogP contribution < -0.4 is 4.74 Å². The topological polar surface area (TPSA) is 83.6 Å². The monoisotopic (exact) mass is 236 g/mol. The Bertz CT molecular complexity index is 457. The second-order valence-electron chi connectivity index (χ2n) is 3.20. The minimum absolute atomic E-state index is 0.0790. The van der Waals surface area contributed by atoms with E-state index in [0.717, 1.165) is 5.56 Å². The van der Waals surface area contributed by atoms with Crippen molar-refractivity contribution in [3.05, 3.63) is 29.8 Å². The number of aliphatic imine (C=N–C) groups is 1. The van der Waals surface area contributed by atoms with Crippen molar-refractivity contribution in [1.29, 1.82) is 0 Å². The summed E-state index contributed by atoms with van der Waals surface area (Å²) in [5, 5.41) is 21.2. The van der Waals surface area contributed by atoms with Crippen molar-refractivity contribution in [3.8, 4) is 5.75 Å². The minimum atomic E-state index is -0.355. The third kappa shape index (κ3) is 2.43. The van der Waals surface area contributed by atoms with Crippen LogP contribution in [0.4, 0.5) is 0 Å². The van der Waals surface area contributed by atoms with Crippen molar-refractivity contribution in [3.63, 3.8) is 0 Å². The number of nitrogens with zero attached hydrogens (tertiary/aromatic N) is 2. The summed E-state index contributed by atoms with van der Waals surface area (Å²) in [5.41, 5.74) is 1.20. The lowest BCUT2D eigenvalue weighted by molar-refractivity contribution is 0.0961. The lowest BCUT2D eigenvalue weighted by Gasteiger charge is -1.99. The van der Waals surface area contributed by atoms with Gasteiger partial charge < -0.3 is 19.8 Å². The summed E-state index contributed by atoms with van der Waals surface area (Å²) in [6.07, 6.45) is 0. The Balaban J connectivity index is 2.27. The Kier molecular flexibility index (Phi) is 3.69. The molecule has 1 aromatic rings. The molecule has 0 bridgehead atoms. The molecule has 6 nitrogen and oxygen atoms in total. The zero-order valence-corrected chi connectivity index (χ0v) is 9.04. The maximum atomic E-state index is 8.86. The van der Waals surface area contributed by atoms with Gasteiger partial charge in [0.1, 0.15) is 24.8 Å². The van der Waals surface area contributed by atoms with Gasteiger partial charge in [-0.25, -0.2) is 0 Å². The number of aliphatic hydroxyl groups excluding tert-OH is 2. The van der Waals surface area contributed by atoms with Crippen LogP contribution in [-0.2, 0) is 4.84 Å². The van der Waals surface area contributed by atoms with Crippen molar-refractivity contribution >= 4 is 11.6 Å². The molecule has 2 N–H and O–H groups in total. The molecule has 1 heterocycles. The van der Waals surface area contributed by atoms with Gasteiger partial charge in [0.25, 0.3) is 5.90 Å². The summed E-state index contributed by atoms with van der Waals surface area (Å²) in [7, 11) is 0. The highest BCUT2D eigenvalue weighted by Gasteiger charge is 2.26. The standard InChI is InChI=1S/C11H12N2O4/c14-5-6-16-13-11-10(12-7-15)8-3-1-2-4-9(8)17-11/h1-4,14-15H,5-7H2/b12-10-,13-11-. The molecule has 0 radical (unpaired) electrons. The third-order valence-electron chi connectivity index (χ3n) is 2.11. The lowest BCUT2D eigenvalue weighted by Crippen LogP contribution is -2.15. The molecule has 0 amide bonds. The highest BCUT2D eigenvalue weighted by Crippen LogP contribution is 2.26. The third-order valence-corrected chi connectivity index (χ3v) is 2.11. The summed E-state index contributed by atoms with van der Waals surface area (Å²) >= 11 is 0. The minimum Gasteiger partial charge on any atom is -0.434 e. The summed E-state index contributed by atoms with van der Waals surface area (Å²) < 4.78 is 5.42. The number of oxime groups is 1. The van der Waals surface area contributed by atoms with Gasteiger partial charge in [0.15, 0.2) is 0 Å². The van der Waals surface area contributed by atoms with Gasteiger partial charge in [0.2, 0.25) is 0 Å². The summed E-state index contributed by atoms with van der Waals surface area (Å²) in [5.74, 6) is 0.805. The summed E-state index contributed by atoms with van der Waals surface area (Å²) in [6, 6.07) is 7.26. The van der Waals surface area contributed by atoms with E-state index in [1.807, 2.05) is 18.2 Å². The van der Waals surface area contributed by atoms with Crippen LogP contribution in [0, 0.1) is 0 Å². The molecule has 90 valence electrons. The van der Waals surface area contributed by atoms with Gasteiger partial charge in [-0.3, -0.25) is 4.99 Å². The Labute approximate surface area is 97.8 Å². The van der Waals surface area contributed by atoms with Gasteiger partial charge >= 0.3 is 0 Å². The van der Waals surface area contributed by atoms with Crippen LogP contribution >= 0.6 is 0 Å². The summed E-state index contributed by atoms with van der Waals surface area (Å²) in [4.78, 5) is 8.72. The molecule has 1 aliphatic rings. The van der Waals surface area contributed by atoms with Crippen molar-refractivity contribution in [2.75, 3.05) is 19.9 Å². The maximum absolute atomic E-state index is 8.86. The van der Waals surface area contributed by atoms with Crippen LogP contribution in [0.5, 0.6) is 5.75 Å². The van der Waals surface area contributed by atoms with E-state index < -0.39 is 0 Å². The molecule has 2 rings (SSSR count). The largest absolute Gasteiger partial charge is 0.434 e. The number of aliphatic hydroxyl groups is 2. The Morgan fingerprint density at radius 2 is 2.06 bits per heavy atom. The Morgan fingerprint density at radius 3 is 2.82 bits per heavy atom. The molecule has 0 saturated carbocycles. The van der Waals surface area contributed by atoms with E-state index in [2.05, 4.69) is 10.1 Å². The highest BCUT2D eigenvalue weighted by molar-refractivity contribution is 6.48. The van der Waals surface area contributed by atoms with Gasteiger partial charge in [0.05, 0.1) is 6.61 Å². The van der Waals surface area contributed by atoms with Gasteiger partial charge in [0, 0.05) is 5.56 Å². The molecule has 0 spiro atoms. The molecule has 1 aliphatic heterocycles. The molecule has 0 aliphatic carbocycles. The number of ether oxygens (including phenoxy) is 1. The normalized spacial score (nSPS) is 18.2. The van der Waals surface area contributed by atoms with Gasteiger partial charge in [-0.2, -0.15) is 0 Å². The molecule has 0 aromatic heterocycles. The van der Waals surface area contributed by atoms with Crippen LogP contribution in [0.2, 0.25) is 0 Å². The van der Waals surface area contributed by atoms with E-state index in [0.29, 0.717) is 11.5 Å². The van der Waals surface area contributed by atoms with Gasteiger partial charge in [-0.05, 0) is 17.3 Å². The van der Waals surface area contributed by atoms with Crippen LogP contribution in [0.15, 0.2) is 34.4 Å². The average molecular weight is 236 g/mol. The first-order valence-corrected chi connectivity index (χ1v) is 5.10. The average Bonchev–Trinajstić information content (AvgIpc) is 2.69. The lowest BCUT2D eigenvalue weighted by atomic mass is 10.1. The number of fused-ring (bicyclic) bond motifs is 1. The second-order valence-corrected chi connectivity index (χ2v) is 3.20. The smallest absolute Gasteiger partial charge is 0.282 e. The molecule has 6 heteroatoms. The molecule has 17 heavy (non-hydrogen) atoms. The Morgan fingerprint density at radius 1 is 1.24 bits per heavy atom. The first kappa shape index (κ1) is 11.6. The van der Waals surface area contributed by atoms with E-state index >= 15 is 0 Å². The molecule has 0 atom stereocenters. The summed E-state index contributed by atoms with van der Waals surface area (Å²) in [6.45, 7) is -0.405. The zero-order chi connectivity index (χ0) is 12.1. The van der Waals surface area contributed by atoms with Crippen LogP contribution in [-0.4, -0.2) is 41.8 Å². The van der Waals surface area contributed by atoms with E-state index in [1.165, 1.54) is 0 Å². The van der Waals surface area contributed by atoms with Crippen molar-refractivity contribution < 1.29 is 19.8 Å². The number of rotatable bonds is 4. The molecule has 0 fully saturated rings. The quantitative estimate of drug-likeness (QED) is 0.575. The predicted molar refractivity (Wildman–Crippen MR) is 61.2 cm³/mol. The molecular formula is C11H12N2O4. The first-order chi connectivity index (χ1) is 8.36. The SMILES string of the molecule is OCCO/N=C1\Oc2ccccc2\C1=N\CO. The maximum Gasteiger partial charge on any atom is 0.282 e. The molecular weight excluding hydrogens is 224 g/mol. The fourth-order valence-corrected chi connectivity index (χ4v) is 1.45. The predicted octanol–water partition coefficient (Wildman–Crippen LogP) is 0.140. The van der Waals surface area contributed by atoms with Crippen molar-refractivity contribution in [2.24, 2.45) is 10.1 Å². The van der Waals surface area contributed by atoms with Crippen LogP contribution in [0.3, 0.4) is 0 Å².